The fourth-order valence-electron chi connectivity index (χ4n) is 2.07. The normalized spacial score (nSPS) is 10.7. The van der Waals surface area contributed by atoms with Gasteiger partial charge in [-0.25, -0.2) is 9.59 Å². The Bertz CT molecular complexity index is 825. The number of esters is 2. The van der Waals surface area contributed by atoms with Crippen LogP contribution < -0.4 is 11.1 Å². The quantitative estimate of drug-likeness (QED) is 0.552. The number of amides is 1. The van der Waals surface area contributed by atoms with Gasteiger partial charge in [0.1, 0.15) is 22.0 Å². The number of hydrogen-bond donors (Lipinski definition) is 2. The van der Waals surface area contributed by atoms with Gasteiger partial charge in [-0.2, -0.15) is 0 Å². The van der Waals surface area contributed by atoms with Crippen LogP contribution in [0.5, 0.6) is 0 Å². The first kappa shape index (κ1) is 19.7. The van der Waals surface area contributed by atoms with Crippen LogP contribution in [0, 0.1) is 0 Å². The predicted molar refractivity (Wildman–Crippen MR) is 101 cm³/mol. The van der Waals surface area contributed by atoms with Crippen molar-refractivity contribution in [2.24, 2.45) is 0 Å². The topological polar surface area (TPSA) is 108 Å². The molecule has 2 aromatic heterocycles. The van der Waals surface area contributed by atoms with Crippen LogP contribution in [0.15, 0.2) is 23.6 Å². The summed E-state index contributed by atoms with van der Waals surface area (Å²) in [6, 6.07) is 3.72. The molecule has 0 aliphatic carbocycles. The summed E-state index contributed by atoms with van der Waals surface area (Å²) in [7, 11) is 1.46. The SMILES string of the molecule is CCOC(=O)c1c(N)sc(C(=O)NC)c1COC(=O)C=Cc1cccs1. The molecule has 0 bridgehead atoms. The molecular weight excluding hydrogens is 376 g/mol. The second-order valence-electron chi connectivity index (χ2n) is 4.91. The molecule has 0 saturated carbocycles. The van der Waals surface area contributed by atoms with Gasteiger partial charge in [-0.15, -0.1) is 22.7 Å². The van der Waals surface area contributed by atoms with Crippen molar-refractivity contribution in [3.8, 4) is 0 Å². The average Bonchev–Trinajstić information content (AvgIpc) is 3.25. The van der Waals surface area contributed by atoms with E-state index in [1.807, 2.05) is 17.5 Å². The largest absolute Gasteiger partial charge is 0.462 e. The van der Waals surface area contributed by atoms with Gasteiger partial charge in [-0.05, 0) is 24.4 Å². The third-order valence-electron chi connectivity index (χ3n) is 3.23. The number of hydrogen-bond acceptors (Lipinski definition) is 8. The van der Waals surface area contributed by atoms with Crippen LogP contribution in [0.1, 0.15) is 37.4 Å². The highest BCUT2D eigenvalue weighted by Gasteiger charge is 2.27. The van der Waals surface area contributed by atoms with Crippen LogP contribution in [0.2, 0.25) is 0 Å². The molecule has 0 radical (unpaired) electrons. The van der Waals surface area contributed by atoms with Crippen molar-refractivity contribution in [1.29, 1.82) is 0 Å². The number of rotatable bonds is 7. The van der Waals surface area contributed by atoms with Crippen LogP contribution in [0.4, 0.5) is 5.00 Å². The van der Waals surface area contributed by atoms with Crippen LogP contribution in [-0.2, 0) is 20.9 Å². The Balaban J connectivity index is 2.21. The maximum absolute atomic E-state index is 12.2. The first-order chi connectivity index (χ1) is 12.5. The molecule has 0 atom stereocenters. The Hall–Kier alpha value is -2.65. The van der Waals surface area contributed by atoms with Crippen molar-refractivity contribution in [1.82, 2.24) is 5.32 Å². The molecule has 2 rings (SSSR count). The number of nitrogen functional groups attached to an aromatic ring is 1. The Labute approximate surface area is 158 Å². The van der Waals surface area contributed by atoms with E-state index in [0.717, 1.165) is 16.2 Å². The number of carbonyl (C=O) groups is 3. The van der Waals surface area contributed by atoms with E-state index in [1.54, 1.807) is 13.0 Å². The second-order valence-corrected chi connectivity index (χ2v) is 6.94. The lowest BCUT2D eigenvalue weighted by molar-refractivity contribution is -0.138. The number of thiophene rings is 2. The highest BCUT2D eigenvalue weighted by Crippen LogP contribution is 2.32. The third kappa shape index (κ3) is 4.70. The molecule has 9 heteroatoms. The fourth-order valence-corrected chi connectivity index (χ4v) is 3.70. The molecule has 0 fully saturated rings. The first-order valence-electron chi connectivity index (χ1n) is 7.66. The molecule has 2 aromatic rings. The molecule has 0 saturated heterocycles. The van der Waals surface area contributed by atoms with Crippen molar-refractivity contribution in [2.45, 2.75) is 13.5 Å². The molecule has 0 unspecified atom stereocenters. The fraction of sp³-hybridized carbons (Fsp3) is 0.235. The van der Waals surface area contributed by atoms with Crippen molar-refractivity contribution in [2.75, 3.05) is 19.4 Å². The molecule has 0 aromatic carbocycles. The zero-order valence-corrected chi connectivity index (χ0v) is 15.9. The van der Waals surface area contributed by atoms with Gasteiger partial charge in [-0.1, -0.05) is 6.07 Å². The predicted octanol–water partition coefficient (Wildman–Crippen LogP) is 2.68. The number of anilines is 1. The van der Waals surface area contributed by atoms with E-state index in [1.165, 1.54) is 24.5 Å². The molecular formula is C17H18N2O5S2. The molecule has 2 heterocycles. The average molecular weight is 394 g/mol. The summed E-state index contributed by atoms with van der Waals surface area (Å²) in [5.74, 6) is -1.67. The lowest BCUT2D eigenvalue weighted by Crippen LogP contribution is -2.19. The van der Waals surface area contributed by atoms with Gasteiger partial charge in [0.2, 0.25) is 0 Å². The number of nitrogens with two attached hydrogens (primary N) is 1. The van der Waals surface area contributed by atoms with Crippen LogP contribution in [-0.4, -0.2) is 31.5 Å². The Kier molecular flexibility index (Phi) is 6.93. The summed E-state index contributed by atoms with van der Waals surface area (Å²) in [5, 5.41) is 4.51. The van der Waals surface area contributed by atoms with E-state index in [0.29, 0.717) is 0 Å². The minimum absolute atomic E-state index is 0.0606. The molecule has 7 nitrogen and oxygen atoms in total. The monoisotopic (exact) mass is 394 g/mol. The maximum Gasteiger partial charge on any atom is 0.341 e. The standard InChI is InChI=1S/C17H18N2O5S2/c1-3-23-17(22)13-11(14(16(21)19-2)26-15(13)18)9-24-12(20)7-6-10-5-4-8-25-10/h4-8H,3,9,18H2,1-2H3,(H,19,21). The van der Waals surface area contributed by atoms with E-state index in [-0.39, 0.29) is 34.2 Å². The summed E-state index contributed by atoms with van der Waals surface area (Å²) < 4.78 is 10.2. The summed E-state index contributed by atoms with van der Waals surface area (Å²) in [6.45, 7) is 1.56. The third-order valence-corrected chi connectivity index (χ3v) is 5.13. The maximum atomic E-state index is 12.2. The summed E-state index contributed by atoms with van der Waals surface area (Å²) in [6.07, 6.45) is 2.91. The molecule has 0 aliphatic rings. The molecule has 138 valence electrons. The first-order valence-corrected chi connectivity index (χ1v) is 9.36. The Morgan fingerprint density at radius 1 is 1.31 bits per heavy atom. The zero-order valence-electron chi connectivity index (χ0n) is 14.2. The van der Waals surface area contributed by atoms with E-state index in [4.69, 9.17) is 15.2 Å². The van der Waals surface area contributed by atoms with Gasteiger partial charge in [-0.3, -0.25) is 4.79 Å². The summed E-state index contributed by atoms with van der Waals surface area (Å²) in [4.78, 5) is 37.2. The van der Waals surface area contributed by atoms with Gasteiger partial charge >= 0.3 is 11.9 Å². The van der Waals surface area contributed by atoms with Gasteiger partial charge in [0.05, 0.1) is 6.61 Å². The van der Waals surface area contributed by atoms with Crippen LogP contribution >= 0.6 is 22.7 Å². The highest BCUT2D eigenvalue weighted by atomic mass is 32.1. The van der Waals surface area contributed by atoms with E-state index < -0.39 is 17.8 Å². The van der Waals surface area contributed by atoms with Gasteiger partial charge in [0.15, 0.2) is 0 Å². The highest BCUT2D eigenvalue weighted by molar-refractivity contribution is 7.18. The number of nitrogens with one attached hydrogen (secondary N) is 1. The molecule has 1 amide bonds. The van der Waals surface area contributed by atoms with Crippen molar-refractivity contribution >= 4 is 51.6 Å². The summed E-state index contributed by atoms with van der Waals surface area (Å²) in [5.41, 5.74) is 6.18. The van der Waals surface area contributed by atoms with E-state index in [2.05, 4.69) is 5.32 Å². The van der Waals surface area contributed by atoms with E-state index >= 15 is 0 Å². The van der Waals surface area contributed by atoms with Crippen LogP contribution in [0.3, 0.4) is 0 Å². The zero-order chi connectivity index (χ0) is 19.1. The van der Waals surface area contributed by atoms with E-state index in [9.17, 15) is 14.4 Å². The van der Waals surface area contributed by atoms with Crippen LogP contribution in [0.25, 0.3) is 6.08 Å². The van der Waals surface area contributed by atoms with Crippen molar-refractivity contribution in [3.63, 3.8) is 0 Å². The van der Waals surface area contributed by atoms with Gasteiger partial charge in [0.25, 0.3) is 5.91 Å². The lowest BCUT2D eigenvalue weighted by Gasteiger charge is -2.07. The number of carbonyl (C=O) groups excluding carboxylic acids is 3. The second kappa shape index (κ2) is 9.16. The minimum Gasteiger partial charge on any atom is -0.462 e. The number of ether oxygens (including phenoxy) is 2. The van der Waals surface area contributed by atoms with Gasteiger partial charge in [0, 0.05) is 23.6 Å². The Morgan fingerprint density at radius 3 is 2.69 bits per heavy atom. The summed E-state index contributed by atoms with van der Waals surface area (Å²) >= 11 is 2.43. The minimum atomic E-state index is -0.656. The smallest absolute Gasteiger partial charge is 0.341 e. The molecule has 0 aliphatic heterocycles. The molecule has 0 spiro atoms. The Morgan fingerprint density at radius 2 is 2.08 bits per heavy atom. The van der Waals surface area contributed by atoms with Crippen molar-refractivity contribution < 1.29 is 23.9 Å². The van der Waals surface area contributed by atoms with Gasteiger partial charge < -0.3 is 20.5 Å². The van der Waals surface area contributed by atoms with Crippen molar-refractivity contribution in [3.05, 3.63) is 44.5 Å². The molecule has 26 heavy (non-hydrogen) atoms. The lowest BCUT2D eigenvalue weighted by atomic mass is 10.1. The molecule has 3 N–H and O–H groups in total.